The van der Waals surface area contributed by atoms with Gasteiger partial charge in [-0.25, -0.2) is 0 Å². The molecule has 3 heterocycles. The van der Waals surface area contributed by atoms with Crippen molar-refractivity contribution in [1.82, 2.24) is 10.1 Å². The first kappa shape index (κ1) is 17.6. The van der Waals surface area contributed by atoms with Gasteiger partial charge in [-0.05, 0) is 56.0 Å². The number of aromatic nitrogens is 1. The number of methoxy groups -OCH3 is 1. The number of hydrogen-bond acceptors (Lipinski definition) is 5. The highest BCUT2D eigenvalue weighted by atomic mass is 16.5. The Labute approximate surface area is 165 Å². The SMILES string of the molecule is COc1c[c]ccc1OCCN1C2CCC1CC(c1noc3ccccc13)C2. The summed E-state index contributed by atoms with van der Waals surface area (Å²) in [7, 11) is 1.66. The van der Waals surface area contributed by atoms with Gasteiger partial charge in [-0.15, -0.1) is 0 Å². The molecule has 2 bridgehead atoms. The Morgan fingerprint density at radius 2 is 1.96 bits per heavy atom. The second-order valence-electron chi connectivity index (χ2n) is 7.78. The lowest BCUT2D eigenvalue weighted by Gasteiger charge is -2.38. The summed E-state index contributed by atoms with van der Waals surface area (Å²) in [5, 5.41) is 5.60. The van der Waals surface area contributed by atoms with Crippen LogP contribution in [-0.2, 0) is 0 Å². The van der Waals surface area contributed by atoms with Gasteiger partial charge in [-0.2, -0.15) is 0 Å². The lowest BCUT2D eigenvalue weighted by Crippen LogP contribution is -2.44. The summed E-state index contributed by atoms with van der Waals surface area (Å²) in [5.41, 5.74) is 2.04. The maximum Gasteiger partial charge on any atom is 0.167 e. The zero-order valence-electron chi connectivity index (χ0n) is 16.1. The standard InChI is InChI=1S/C23H25N2O3/c1-26-21-8-4-5-9-22(21)27-13-12-25-17-10-11-18(25)15-16(14-17)23-19-6-2-3-7-20(19)28-24-23/h2-3,5-9,16-18H,10-15H2,1H3. The molecule has 2 unspecified atom stereocenters. The van der Waals surface area contributed by atoms with Gasteiger partial charge in [0.05, 0.1) is 12.8 Å². The highest BCUT2D eigenvalue weighted by molar-refractivity contribution is 5.79. The van der Waals surface area contributed by atoms with E-state index in [0.717, 1.165) is 42.2 Å². The summed E-state index contributed by atoms with van der Waals surface area (Å²) >= 11 is 0. The smallest absolute Gasteiger partial charge is 0.167 e. The summed E-state index contributed by atoms with van der Waals surface area (Å²) in [6.45, 7) is 1.62. The van der Waals surface area contributed by atoms with E-state index in [2.05, 4.69) is 28.3 Å². The van der Waals surface area contributed by atoms with Gasteiger partial charge in [0.1, 0.15) is 6.61 Å². The Morgan fingerprint density at radius 1 is 1.14 bits per heavy atom. The number of benzene rings is 2. The Hall–Kier alpha value is -2.53. The second kappa shape index (κ2) is 7.47. The molecule has 28 heavy (non-hydrogen) atoms. The van der Waals surface area contributed by atoms with E-state index < -0.39 is 0 Å². The van der Waals surface area contributed by atoms with Crippen molar-refractivity contribution in [3.05, 3.63) is 54.2 Å². The van der Waals surface area contributed by atoms with Gasteiger partial charge in [-0.1, -0.05) is 23.4 Å². The molecule has 2 aromatic carbocycles. The van der Waals surface area contributed by atoms with Gasteiger partial charge in [0.2, 0.25) is 0 Å². The highest BCUT2D eigenvalue weighted by Crippen LogP contribution is 2.44. The summed E-state index contributed by atoms with van der Waals surface area (Å²) < 4.78 is 16.9. The van der Waals surface area contributed by atoms with Crippen molar-refractivity contribution < 1.29 is 14.0 Å². The van der Waals surface area contributed by atoms with Gasteiger partial charge < -0.3 is 14.0 Å². The molecule has 0 amide bonds. The van der Waals surface area contributed by atoms with Crippen molar-refractivity contribution in [2.24, 2.45) is 0 Å². The van der Waals surface area contributed by atoms with Crippen LogP contribution < -0.4 is 9.47 Å². The Balaban J connectivity index is 1.24. The van der Waals surface area contributed by atoms with Crippen molar-refractivity contribution in [3.8, 4) is 11.5 Å². The molecule has 0 aliphatic carbocycles. The van der Waals surface area contributed by atoms with Crippen molar-refractivity contribution in [1.29, 1.82) is 0 Å². The van der Waals surface area contributed by atoms with Crippen LogP contribution in [0.4, 0.5) is 0 Å². The van der Waals surface area contributed by atoms with E-state index in [1.165, 1.54) is 18.2 Å². The predicted molar refractivity (Wildman–Crippen MR) is 107 cm³/mol. The van der Waals surface area contributed by atoms with E-state index in [1.54, 1.807) is 7.11 Å². The summed E-state index contributed by atoms with van der Waals surface area (Å²) in [4.78, 5) is 2.64. The molecule has 5 rings (SSSR count). The van der Waals surface area contributed by atoms with Crippen molar-refractivity contribution in [3.63, 3.8) is 0 Å². The second-order valence-corrected chi connectivity index (χ2v) is 7.78. The normalized spacial score (nSPS) is 24.5. The van der Waals surface area contributed by atoms with Gasteiger partial charge in [0, 0.05) is 29.9 Å². The van der Waals surface area contributed by atoms with Crippen LogP contribution in [0.15, 0.2) is 47.0 Å². The molecule has 145 valence electrons. The molecule has 2 fully saturated rings. The summed E-state index contributed by atoms with van der Waals surface area (Å²) in [5.74, 6) is 2.02. The Morgan fingerprint density at radius 3 is 2.79 bits per heavy atom. The van der Waals surface area contributed by atoms with Crippen molar-refractivity contribution >= 4 is 11.0 Å². The minimum atomic E-state index is 0.489. The molecule has 1 radical (unpaired) electrons. The van der Waals surface area contributed by atoms with Crippen LogP contribution in [-0.4, -0.2) is 42.4 Å². The van der Waals surface area contributed by atoms with Gasteiger partial charge in [-0.3, -0.25) is 4.90 Å². The van der Waals surface area contributed by atoms with E-state index in [0.29, 0.717) is 24.6 Å². The van der Waals surface area contributed by atoms with Crippen LogP contribution >= 0.6 is 0 Å². The molecule has 0 saturated carbocycles. The maximum absolute atomic E-state index is 6.00. The van der Waals surface area contributed by atoms with E-state index in [4.69, 9.17) is 14.0 Å². The van der Waals surface area contributed by atoms with E-state index in [1.807, 2.05) is 30.3 Å². The third-order valence-electron chi connectivity index (χ3n) is 6.29. The topological polar surface area (TPSA) is 47.7 Å². The van der Waals surface area contributed by atoms with E-state index in [-0.39, 0.29) is 0 Å². The van der Waals surface area contributed by atoms with Crippen molar-refractivity contribution in [2.45, 2.75) is 43.7 Å². The minimum Gasteiger partial charge on any atom is -0.493 e. The number of fused-ring (bicyclic) bond motifs is 3. The first-order valence-corrected chi connectivity index (χ1v) is 10.1. The zero-order chi connectivity index (χ0) is 18.9. The molecule has 0 spiro atoms. The Kier molecular flexibility index (Phi) is 4.69. The number of rotatable bonds is 6. The number of hydrogen-bond donors (Lipinski definition) is 0. The fourth-order valence-corrected chi connectivity index (χ4v) is 5.00. The third kappa shape index (κ3) is 3.14. The molecule has 2 aliphatic heterocycles. The van der Waals surface area contributed by atoms with Crippen LogP contribution in [0.3, 0.4) is 0 Å². The van der Waals surface area contributed by atoms with Crippen molar-refractivity contribution in [2.75, 3.05) is 20.3 Å². The summed E-state index contributed by atoms with van der Waals surface area (Å²) in [6, 6.07) is 18.0. The predicted octanol–water partition coefficient (Wildman–Crippen LogP) is 4.43. The molecular weight excluding hydrogens is 352 g/mol. The maximum atomic E-state index is 6.00. The highest BCUT2D eigenvalue weighted by Gasteiger charge is 2.42. The fraction of sp³-hybridized carbons (Fsp3) is 0.435. The molecule has 5 nitrogen and oxygen atoms in total. The quantitative estimate of drug-likeness (QED) is 0.636. The largest absolute Gasteiger partial charge is 0.493 e. The monoisotopic (exact) mass is 377 g/mol. The lowest BCUT2D eigenvalue weighted by molar-refractivity contribution is 0.103. The number of para-hydroxylation sites is 1. The Bertz CT molecular complexity index is 940. The number of nitrogens with zero attached hydrogens (tertiary/aromatic N) is 2. The van der Waals surface area contributed by atoms with Crippen LogP contribution in [0, 0.1) is 6.07 Å². The number of ether oxygens (including phenoxy) is 2. The van der Waals surface area contributed by atoms with E-state index in [9.17, 15) is 0 Å². The average Bonchev–Trinajstić information content (AvgIpc) is 3.26. The van der Waals surface area contributed by atoms with Gasteiger partial charge in [0.25, 0.3) is 0 Å². The summed E-state index contributed by atoms with van der Waals surface area (Å²) in [6.07, 6.45) is 4.83. The molecule has 0 N–H and O–H groups in total. The van der Waals surface area contributed by atoms with Crippen LogP contribution in [0.1, 0.15) is 37.3 Å². The fourth-order valence-electron chi connectivity index (χ4n) is 5.00. The third-order valence-corrected chi connectivity index (χ3v) is 6.29. The van der Waals surface area contributed by atoms with Crippen LogP contribution in [0.25, 0.3) is 11.0 Å². The molecule has 5 heteroatoms. The lowest BCUT2D eigenvalue weighted by atomic mass is 9.87. The first-order valence-electron chi connectivity index (χ1n) is 10.1. The van der Waals surface area contributed by atoms with Crippen LogP contribution in [0.5, 0.6) is 11.5 Å². The minimum absolute atomic E-state index is 0.489. The average molecular weight is 377 g/mol. The zero-order valence-corrected chi connectivity index (χ0v) is 16.1. The van der Waals surface area contributed by atoms with Gasteiger partial charge in [0.15, 0.2) is 17.1 Å². The molecule has 1 aromatic heterocycles. The molecule has 2 atom stereocenters. The van der Waals surface area contributed by atoms with Gasteiger partial charge >= 0.3 is 0 Å². The molecule has 2 saturated heterocycles. The molecule has 2 aliphatic rings. The molecule has 3 aromatic rings. The molecular formula is C23H25N2O3. The van der Waals surface area contributed by atoms with Crippen LogP contribution in [0.2, 0.25) is 0 Å². The van der Waals surface area contributed by atoms with E-state index >= 15 is 0 Å². The number of piperidine rings is 1. The first-order chi connectivity index (χ1) is 13.8.